The van der Waals surface area contributed by atoms with Gasteiger partial charge in [-0.1, -0.05) is 19.1 Å². The summed E-state index contributed by atoms with van der Waals surface area (Å²) < 4.78 is 10.9. The van der Waals surface area contributed by atoms with Gasteiger partial charge in [0.1, 0.15) is 5.75 Å². The number of aliphatic carboxylic acids is 1. The number of benzene rings is 1. The fraction of sp³-hybridized carbons (Fsp3) is 0.444. The Morgan fingerprint density at radius 3 is 2.79 bits per heavy atom. The molecule has 1 heterocycles. The van der Waals surface area contributed by atoms with Gasteiger partial charge >= 0.3 is 5.97 Å². The van der Waals surface area contributed by atoms with Gasteiger partial charge in [-0.3, -0.25) is 9.59 Å². The van der Waals surface area contributed by atoms with Crippen LogP contribution in [0, 0.1) is 0 Å². The van der Waals surface area contributed by atoms with E-state index in [1.54, 1.807) is 11.0 Å². The van der Waals surface area contributed by atoms with Gasteiger partial charge in [-0.2, -0.15) is 0 Å². The molecule has 1 unspecified atom stereocenters. The van der Waals surface area contributed by atoms with Crippen molar-refractivity contribution in [2.75, 3.05) is 26.3 Å². The highest BCUT2D eigenvalue weighted by Gasteiger charge is 2.24. The van der Waals surface area contributed by atoms with Crippen LogP contribution >= 0.6 is 0 Å². The minimum atomic E-state index is -0.921. The molecule has 0 radical (unpaired) electrons. The number of morpholine rings is 1. The summed E-state index contributed by atoms with van der Waals surface area (Å²) in [5, 5.41) is 8.81. The maximum Gasteiger partial charge on any atom is 0.306 e. The number of carboxylic acid groups (broad SMARTS) is 1. The number of hydrogen-bond acceptors (Lipinski definition) is 4. The Kier molecular flexibility index (Phi) is 6.81. The monoisotopic (exact) mass is 333 g/mol. The summed E-state index contributed by atoms with van der Waals surface area (Å²) in [4.78, 5) is 24.6. The highest BCUT2D eigenvalue weighted by Crippen LogP contribution is 2.14. The van der Waals surface area contributed by atoms with E-state index in [-0.39, 0.29) is 12.3 Å². The van der Waals surface area contributed by atoms with Gasteiger partial charge in [0.15, 0.2) is 0 Å². The van der Waals surface area contributed by atoms with E-state index in [4.69, 9.17) is 14.6 Å². The van der Waals surface area contributed by atoms with Gasteiger partial charge in [-0.25, -0.2) is 0 Å². The molecule has 2 rings (SSSR count). The molecule has 1 aliphatic rings. The SMILES string of the molecule is CCCOc1ccc(C=CC(=O)N2CCOC(CC(=O)O)C2)cc1. The number of hydrogen-bond donors (Lipinski definition) is 1. The Morgan fingerprint density at radius 1 is 1.38 bits per heavy atom. The molecule has 1 aliphatic heterocycles. The first-order valence-corrected chi connectivity index (χ1v) is 8.11. The molecule has 0 saturated carbocycles. The summed E-state index contributed by atoms with van der Waals surface area (Å²) in [5.74, 6) is -0.250. The molecule has 0 bridgehead atoms. The van der Waals surface area contributed by atoms with E-state index in [1.165, 1.54) is 6.08 Å². The van der Waals surface area contributed by atoms with Crippen LogP contribution in [0.15, 0.2) is 30.3 Å². The molecule has 0 spiro atoms. The van der Waals surface area contributed by atoms with Crippen LogP contribution in [0.25, 0.3) is 6.08 Å². The van der Waals surface area contributed by atoms with Crippen LogP contribution in [0.2, 0.25) is 0 Å². The molecule has 1 aromatic carbocycles. The van der Waals surface area contributed by atoms with Crippen molar-refractivity contribution < 1.29 is 24.2 Å². The van der Waals surface area contributed by atoms with Gasteiger partial charge in [-0.05, 0) is 30.2 Å². The molecule has 1 fully saturated rings. The van der Waals surface area contributed by atoms with Crippen LogP contribution in [0.5, 0.6) is 5.75 Å². The van der Waals surface area contributed by atoms with E-state index < -0.39 is 12.1 Å². The average Bonchev–Trinajstić information content (AvgIpc) is 2.58. The van der Waals surface area contributed by atoms with Crippen LogP contribution in [-0.4, -0.2) is 54.3 Å². The third-order valence-electron chi connectivity index (χ3n) is 3.62. The molecule has 130 valence electrons. The fourth-order valence-electron chi connectivity index (χ4n) is 2.41. The largest absolute Gasteiger partial charge is 0.494 e. The van der Waals surface area contributed by atoms with E-state index in [9.17, 15) is 9.59 Å². The number of nitrogens with zero attached hydrogens (tertiary/aromatic N) is 1. The molecule has 1 N–H and O–H groups in total. The summed E-state index contributed by atoms with van der Waals surface area (Å²) in [6.45, 7) is 3.88. The van der Waals surface area contributed by atoms with Crippen molar-refractivity contribution in [3.05, 3.63) is 35.9 Å². The Hall–Kier alpha value is -2.34. The van der Waals surface area contributed by atoms with Gasteiger partial charge in [-0.15, -0.1) is 0 Å². The number of carboxylic acids is 1. The van der Waals surface area contributed by atoms with Crippen LogP contribution in [0.4, 0.5) is 0 Å². The van der Waals surface area contributed by atoms with Gasteiger partial charge in [0.05, 0.1) is 25.7 Å². The zero-order chi connectivity index (χ0) is 17.4. The van der Waals surface area contributed by atoms with Crippen LogP contribution in [0.1, 0.15) is 25.3 Å². The Balaban J connectivity index is 1.88. The first kappa shape index (κ1) is 18.0. The topological polar surface area (TPSA) is 76.1 Å². The quantitative estimate of drug-likeness (QED) is 0.774. The normalized spacial score (nSPS) is 17.9. The highest BCUT2D eigenvalue weighted by molar-refractivity contribution is 5.91. The van der Waals surface area contributed by atoms with Gasteiger partial charge in [0.25, 0.3) is 0 Å². The van der Waals surface area contributed by atoms with E-state index in [0.29, 0.717) is 26.3 Å². The number of carbonyl (C=O) groups is 2. The summed E-state index contributed by atoms with van der Waals surface area (Å²) in [7, 11) is 0. The third kappa shape index (κ3) is 5.70. The van der Waals surface area contributed by atoms with Gasteiger partial charge in [0, 0.05) is 19.2 Å². The molecular weight excluding hydrogens is 310 g/mol. The number of rotatable bonds is 7. The Morgan fingerprint density at radius 2 is 2.12 bits per heavy atom. The van der Waals surface area contributed by atoms with Crippen LogP contribution < -0.4 is 4.74 Å². The molecule has 1 aromatic rings. The van der Waals surface area contributed by atoms with Crippen molar-refractivity contribution in [1.82, 2.24) is 4.90 Å². The molecule has 24 heavy (non-hydrogen) atoms. The second kappa shape index (κ2) is 9.08. The zero-order valence-electron chi connectivity index (χ0n) is 13.8. The fourth-order valence-corrected chi connectivity index (χ4v) is 2.41. The van der Waals surface area contributed by atoms with Crippen molar-refractivity contribution in [2.24, 2.45) is 0 Å². The number of amides is 1. The molecule has 0 aromatic heterocycles. The first-order chi connectivity index (χ1) is 11.6. The Bertz CT molecular complexity index is 582. The molecule has 1 saturated heterocycles. The van der Waals surface area contributed by atoms with Crippen molar-refractivity contribution in [2.45, 2.75) is 25.9 Å². The molecule has 6 heteroatoms. The molecule has 6 nitrogen and oxygen atoms in total. The van der Waals surface area contributed by atoms with Crippen molar-refractivity contribution >= 4 is 18.0 Å². The summed E-state index contributed by atoms with van der Waals surface area (Å²) >= 11 is 0. The van der Waals surface area contributed by atoms with Crippen LogP contribution in [0.3, 0.4) is 0 Å². The van der Waals surface area contributed by atoms with E-state index >= 15 is 0 Å². The van der Waals surface area contributed by atoms with E-state index in [2.05, 4.69) is 6.92 Å². The van der Waals surface area contributed by atoms with E-state index in [0.717, 1.165) is 17.7 Å². The predicted octanol–water partition coefficient (Wildman–Crippen LogP) is 2.19. The number of ether oxygens (including phenoxy) is 2. The lowest BCUT2D eigenvalue weighted by molar-refractivity contribution is -0.145. The lowest BCUT2D eigenvalue weighted by Crippen LogP contribution is -2.45. The van der Waals surface area contributed by atoms with Gasteiger partial charge in [0.2, 0.25) is 5.91 Å². The molecular formula is C18H23NO5. The molecule has 1 atom stereocenters. The lowest BCUT2D eigenvalue weighted by Gasteiger charge is -2.31. The second-order valence-corrected chi connectivity index (χ2v) is 5.63. The lowest BCUT2D eigenvalue weighted by atomic mass is 10.2. The summed E-state index contributed by atoms with van der Waals surface area (Å²) in [6.07, 6.45) is 3.67. The second-order valence-electron chi connectivity index (χ2n) is 5.63. The minimum Gasteiger partial charge on any atom is -0.494 e. The zero-order valence-corrected chi connectivity index (χ0v) is 13.8. The predicted molar refractivity (Wildman–Crippen MR) is 89.8 cm³/mol. The molecule has 1 amide bonds. The summed E-state index contributed by atoms with van der Waals surface area (Å²) in [6, 6.07) is 7.53. The maximum atomic E-state index is 12.2. The van der Waals surface area contributed by atoms with Crippen molar-refractivity contribution in [3.63, 3.8) is 0 Å². The maximum absolute atomic E-state index is 12.2. The summed E-state index contributed by atoms with van der Waals surface area (Å²) in [5.41, 5.74) is 0.905. The van der Waals surface area contributed by atoms with Gasteiger partial charge < -0.3 is 19.5 Å². The number of carbonyl (C=O) groups excluding carboxylic acids is 1. The smallest absolute Gasteiger partial charge is 0.306 e. The Labute approximate surface area is 141 Å². The first-order valence-electron chi connectivity index (χ1n) is 8.11. The van der Waals surface area contributed by atoms with Crippen LogP contribution in [-0.2, 0) is 14.3 Å². The van der Waals surface area contributed by atoms with Crippen molar-refractivity contribution in [1.29, 1.82) is 0 Å². The molecule has 0 aliphatic carbocycles. The highest BCUT2D eigenvalue weighted by atomic mass is 16.5. The third-order valence-corrected chi connectivity index (χ3v) is 3.62. The average molecular weight is 333 g/mol. The van der Waals surface area contributed by atoms with Crippen molar-refractivity contribution in [3.8, 4) is 5.75 Å². The van der Waals surface area contributed by atoms with E-state index in [1.807, 2.05) is 24.3 Å². The minimum absolute atomic E-state index is 0.0906. The standard InChI is InChI=1S/C18H23NO5/c1-2-10-23-15-6-3-14(4-7-15)5-8-17(20)19-9-11-24-16(13-19)12-18(21)22/h3-8,16H,2,9-13H2,1H3,(H,21,22).